The molecule has 0 aliphatic rings. The minimum Gasteiger partial charge on any atom is -0.494 e. The zero-order valence-corrected chi connectivity index (χ0v) is 14.4. The molecule has 0 atom stereocenters. The second-order valence-electron chi connectivity index (χ2n) is 5.25. The molecule has 0 aliphatic heterocycles. The maximum atomic E-state index is 11.9. The molecule has 7 heteroatoms. The molecule has 0 heterocycles. The van der Waals surface area contributed by atoms with Crippen molar-refractivity contribution in [1.82, 2.24) is 10.6 Å². The Bertz CT molecular complexity index is 744. The van der Waals surface area contributed by atoms with Gasteiger partial charge in [-0.25, -0.2) is 9.59 Å². The van der Waals surface area contributed by atoms with Gasteiger partial charge in [-0.15, -0.1) is 0 Å². The molecule has 2 rings (SSSR count). The Balaban J connectivity index is 1.71. The van der Waals surface area contributed by atoms with Gasteiger partial charge in [0.2, 0.25) is 0 Å². The van der Waals surface area contributed by atoms with Crippen LogP contribution in [-0.2, 0) is 16.1 Å². The number of nitrogens with one attached hydrogen (secondary N) is 2. The maximum Gasteiger partial charge on any atom is 0.338 e. The lowest BCUT2D eigenvalue weighted by atomic mass is 10.2. The Kier molecular flexibility index (Phi) is 7.17. The number of esters is 1. The summed E-state index contributed by atoms with van der Waals surface area (Å²) in [5, 5.41) is 4.64. The molecule has 2 aromatic rings. The fourth-order valence-corrected chi connectivity index (χ4v) is 2.05. The second-order valence-corrected chi connectivity index (χ2v) is 5.25. The fourth-order valence-electron chi connectivity index (χ4n) is 2.05. The molecule has 2 aromatic carbocycles. The molecular weight excluding hydrogens is 336 g/mol. The van der Waals surface area contributed by atoms with Gasteiger partial charge in [0.15, 0.2) is 6.61 Å². The number of carbonyl (C=O) groups excluding carboxylic acids is 3. The molecule has 3 amide bonds. The van der Waals surface area contributed by atoms with Crippen LogP contribution in [0.4, 0.5) is 4.79 Å². The summed E-state index contributed by atoms with van der Waals surface area (Å²) >= 11 is 0. The van der Waals surface area contributed by atoms with Crippen LogP contribution in [0.2, 0.25) is 0 Å². The maximum absolute atomic E-state index is 11.9. The molecule has 0 radical (unpaired) electrons. The van der Waals surface area contributed by atoms with E-state index in [-0.39, 0.29) is 12.1 Å². The Morgan fingerprint density at radius 3 is 2.31 bits per heavy atom. The van der Waals surface area contributed by atoms with Crippen LogP contribution in [0.15, 0.2) is 54.6 Å². The summed E-state index contributed by atoms with van der Waals surface area (Å²) in [4.78, 5) is 35.2. The minimum atomic E-state index is -0.713. The average molecular weight is 356 g/mol. The first-order chi connectivity index (χ1) is 12.6. The highest BCUT2D eigenvalue weighted by Crippen LogP contribution is 2.12. The Morgan fingerprint density at radius 1 is 0.962 bits per heavy atom. The average Bonchev–Trinajstić information content (AvgIpc) is 2.66. The highest BCUT2D eigenvalue weighted by molar-refractivity contribution is 5.97. The topological polar surface area (TPSA) is 93.7 Å². The molecule has 0 unspecified atom stereocenters. The van der Waals surface area contributed by atoms with E-state index in [1.807, 2.05) is 37.3 Å². The molecular formula is C19H20N2O5. The van der Waals surface area contributed by atoms with Gasteiger partial charge in [0.05, 0.1) is 12.2 Å². The van der Waals surface area contributed by atoms with E-state index in [2.05, 4.69) is 10.6 Å². The minimum absolute atomic E-state index is 0.284. The largest absolute Gasteiger partial charge is 0.494 e. The molecule has 7 nitrogen and oxygen atoms in total. The van der Waals surface area contributed by atoms with Crippen LogP contribution in [0.1, 0.15) is 22.8 Å². The van der Waals surface area contributed by atoms with Gasteiger partial charge in [0, 0.05) is 6.54 Å². The lowest BCUT2D eigenvalue weighted by Gasteiger charge is -2.08. The van der Waals surface area contributed by atoms with Crippen molar-refractivity contribution >= 4 is 17.9 Å². The van der Waals surface area contributed by atoms with Gasteiger partial charge in [0.1, 0.15) is 5.75 Å². The molecule has 0 spiro atoms. The van der Waals surface area contributed by atoms with Gasteiger partial charge in [-0.3, -0.25) is 10.1 Å². The van der Waals surface area contributed by atoms with Crippen LogP contribution in [0.25, 0.3) is 0 Å². The van der Waals surface area contributed by atoms with E-state index in [0.717, 1.165) is 5.56 Å². The van der Waals surface area contributed by atoms with Crippen molar-refractivity contribution in [2.24, 2.45) is 0 Å². The third kappa shape index (κ3) is 6.27. The van der Waals surface area contributed by atoms with E-state index in [1.54, 1.807) is 12.1 Å². The van der Waals surface area contributed by atoms with Crippen molar-refractivity contribution in [2.45, 2.75) is 13.5 Å². The summed E-state index contributed by atoms with van der Waals surface area (Å²) in [6, 6.07) is 15.0. The molecule has 0 saturated carbocycles. The molecule has 26 heavy (non-hydrogen) atoms. The van der Waals surface area contributed by atoms with Crippen molar-refractivity contribution in [3.05, 3.63) is 65.7 Å². The Morgan fingerprint density at radius 2 is 1.65 bits per heavy atom. The SMILES string of the molecule is CCOc1ccc(C(=O)OCC(=O)NC(=O)NCc2ccccc2)cc1. The molecule has 0 aromatic heterocycles. The number of amides is 3. The van der Waals surface area contributed by atoms with Crippen LogP contribution in [0, 0.1) is 0 Å². The van der Waals surface area contributed by atoms with Gasteiger partial charge >= 0.3 is 12.0 Å². The highest BCUT2D eigenvalue weighted by atomic mass is 16.5. The summed E-state index contributed by atoms with van der Waals surface area (Å²) in [5.74, 6) is -0.736. The van der Waals surface area contributed by atoms with E-state index >= 15 is 0 Å². The Labute approximate surface area is 151 Å². The van der Waals surface area contributed by atoms with Crippen LogP contribution < -0.4 is 15.4 Å². The van der Waals surface area contributed by atoms with Crippen molar-refractivity contribution < 1.29 is 23.9 Å². The van der Waals surface area contributed by atoms with Crippen LogP contribution in [-0.4, -0.2) is 31.1 Å². The number of ether oxygens (including phenoxy) is 2. The molecule has 0 fully saturated rings. The third-order valence-electron chi connectivity index (χ3n) is 3.28. The summed E-state index contributed by atoms with van der Waals surface area (Å²) < 4.78 is 10.2. The number of hydrogen-bond acceptors (Lipinski definition) is 5. The van der Waals surface area contributed by atoms with E-state index in [0.29, 0.717) is 12.4 Å². The first kappa shape index (κ1) is 19.0. The normalized spacial score (nSPS) is 9.88. The molecule has 136 valence electrons. The van der Waals surface area contributed by atoms with E-state index < -0.39 is 24.5 Å². The Hall–Kier alpha value is -3.35. The van der Waals surface area contributed by atoms with Gasteiger partial charge in [-0.1, -0.05) is 30.3 Å². The zero-order chi connectivity index (χ0) is 18.8. The summed E-state index contributed by atoms with van der Waals surface area (Å²) in [6.45, 7) is 2.11. The van der Waals surface area contributed by atoms with Crippen molar-refractivity contribution in [1.29, 1.82) is 0 Å². The number of imide groups is 1. The van der Waals surface area contributed by atoms with Gasteiger partial charge < -0.3 is 14.8 Å². The molecule has 0 aliphatic carbocycles. The van der Waals surface area contributed by atoms with Crippen LogP contribution in [0.3, 0.4) is 0 Å². The van der Waals surface area contributed by atoms with Gasteiger partial charge in [-0.05, 0) is 36.8 Å². The quantitative estimate of drug-likeness (QED) is 0.742. The van der Waals surface area contributed by atoms with Crippen LogP contribution >= 0.6 is 0 Å². The van der Waals surface area contributed by atoms with Crippen LogP contribution in [0.5, 0.6) is 5.75 Å². The zero-order valence-electron chi connectivity index (χ0n) is 14.4. The third-order valence-corrected chi connectivity index (χ3v) is 3.28. The van der Waals surface area contributed by atoms with Crippen molar-refractivity contribution in [2.75, 3.05) is 13.2 Å². The van der Waals surface area contributed by atoms with Crippen molar-refractivity contribution in [3.63, 3.8) is 0 Å². The summed E-state index contributed by atoms with van der Waals surface area (Å²) in [6.07, 6.45) is 0. The number of urea groups is 1. The number of benzene rings is 2. The smallest absolute Gasteiger partial charge is 0.338 e. The number of carbonyl (C=O) groups is 3. The molecule has 2 N–H and O–H groups in total. The predicted octanol–water partition coefficient (Wildman–Crippen LogP) is 2.27. The highest BCUT2D eigenvalue weighted by Gasteiger charge is 2.12. The monoisotopic (exact) mass is 356 g/mol. The summed E-state index contributed by atoms with van der Waals surface area (Å²) in [7, 11) is 0. The van der Waals surface area contributed by atoms with E-state index in [4.69, 9.17) is 9.47 Å². The number of rotatable bonds is 7. The van der Waals surface area contributed by atoms with E-state index in [9.17, 15) is 14.4 Å². The predicted molar refractivity (Wildman–Crippen MR) is 94.7 cm³/mol. The first-order valence-electron chi connectivity index (χ1n) is 8.10. The second kappa shape index (κ2) is 9.83. The van der Waals surface area contributed by atoms with Crippen molar-refractivity contribution in [3.8, 4) is 5.75 Å². The van der Waals surface area contributed by atoms with Gasteiger partial charge in [-0.2, -0.15) is 0 Å². The lowest BCUT2D eigenvalue weighted by molar-refractivity contribution is -0.123. The first-order valence-corrected chi connectivity index (χ1v) is 8.10. The lowest BCUT2D eigenvalue weighted by Crippen LogP contribution is -2.41. The number of hydrogen-bond donors (Lipinski definition) is 2. The van der Waals surface area contributed by atoms with E-state index in [1.165, 1.54) is 12.1 Å². The molecule has 0 bridgehead atoms. The molecule has 0 saturated heterocycles. The fraction of sp³-hybridized carbons (Fsp3) is 0.211. The van der Waals surface area contributed by atoms with Gasteiger partial charge in [0.25, 0.3) is 5.91 Å². The summed E-state index contributed by atoms with van der Waals surface area (Å²) in [5.41, 5.74) is 1.19. The standard InChI is InChI=1S/C19H20N2O5/c1-2-25-16-10-8-15(9-11-16)18(23)26-13-17(22)21-19(24)20-12-14-6-4-3-5-7-14/h3-11H,2,12-13H2,1H3,(H2,20,21,22,24).